The van der Waals surface area contributed by atoms with Crippen LogP contribution in [0, 0.1) is 0 Å². The molecule has 18 heavy (non-hydrogen) atoms. The highest BCUT2D eigenvalue weighted by molar-refractivity contribution is 9.10. The Hall–Kier alpha value is -0.810. The summed E-state index contributed by atoms with van der Waals surface area (Å²) in [5.74, 6) is 1.04. The third-order valence-corrected chi connectivity index (χ3v) is 3.60. The highest BCUT2D eigenvalue weighted by atomic mass is 79.9. The normalized spacial score (nSPS) is 19.0. The molecule has 0 saturated carbocycles. The van der Waals surface area contributed by atoms with Gasteiger partial charge in [0.2, 0.25) is 11.8 Å². The van der Waals surface area contributed by atoms with Crippen LogP contribution >= 0.6 is 27.5 Å². The monoisotopic (exact) mass is 332 g/mol. The number of carbonyl (C=O) groups is 1. The van der Waals surface area contributed by atoms with Crippen molar-refractivity contribution in [2.75, 3.05) is 19.0 Å². The Balaban J connectivity index is 1.90. The number of halogens is 2. The Morgan fingerprint density at radius 3 is 3.22 bits per heavy atom. The molecule has 2 rings (SSSR count). The first kappa shape index (κ1) is 13.6. The minimum atomic E-state index is 0.00970. The van der Waals surface area contributed by atoms with Gasteiger partial charge in [-0.2, -0.15) is 0 Å². The fourth-order valence-electron chi connectivity index (χ4n) is 1.91. The predicted molar refractivity (Wildman–Crippen MR) is 72.9 cm³/mol. The number of hydrogen-bond acceptors (Lipinski definition) is 3. The van der Waals surface area contributed by atoms with Crippen molar-refractivity contribution >= 4 is 33.4 Å². The van der Waals surface area contributed by atoms with Gasteiger partial charge >= 0.3 is 0 Å². The Labute approximate surface area is 119 Å². The number of pyridine rings is 1. The number of carbonyl (C=O) groups excluding carboxylic acids is 1. The van der Waals surface area contributed by atoms with Gasteiger partial charge in [-0.25, -0.2) is 4.98 Å². The van der Waals surface area contributed by atoms with Gasteiger partial charge in [0, 0.05) is 31.5 Å². The largest absolute Gasteiger partial charge is 0.472 e. The summed E-state index contributed by atoms with van der Waals surface area (Å²) in [6.45, 7) is 1.34. The summed E-state index contributed by atoms with van der Waals surface area (Å²) in [6, 6.07) is 3.72. The molecule has 0 radical (unpaired) electrons. The van der Waals surface area contributed by atoms with Gasteiger partial charge in [-0.15, -0.1) is 11.6 Å². The second kappa shape index (κ2) is 6.38. The summed E-state index contributed by atoms with van der Waals surface area (Å²) in [4.78, 5) is 17.6. The third kappa shape index (κ3) is 3.36. The SMILES string of the molecule is O=C(CCCl)N1CCC(Oc2ncccc2Br)C1. The number of alkyl halides is 1. The van der Waals surface area contributed by atoms with Crippen LogP contribution in [0.5, 0.6) is 5.88 Å². The van der Waals surface area contributed by atoms with E-state index >= 15 is 0 Å². The topological polar surface area (TPSA) is 42.4 Å². The maximum absolute atomic E-state index is 11.7. The van der Waals surface area contributed by atoms with E-state index in [-0.39, 0.29) is 12.0 Å². The van der Waals surface area contributed by atoms with Crippen LogP contribution in [0.4, 0.5) is 0 Å². The fraction of sp³-hybridized carbons (Fsp3) is 0.500. The molecule has 1 aliphatic heterocycles. The van der Waals surface area contributed by atoms with Crippen LogP contribution in [0.15, 0.2) is 22.8 Å². The van der Waals surface area contributed by atoms with Crippen molar-refractivity contribution in [1.29, 1.82) is 0 Å². The lowest BCUT2D eigenvalue weighted by Crippen LogP contribution is -2.31. The summed E-state index contributed by atoms with van der Waals surface area (Å²) >= 11 is 8.95. The molecule has 0 aliphatic carbocycles. The summed E-state index contributed by atoms with van der Waals surface area (Å²) in [6.07, 6.45) is 2.92. The first-order chi connectivity index (χ1) is 8.70. The van der Waals surface area contributed by atoms with Crippen molar-refractivity contribution in [3.63, 3.8) is 0 Å². The van der Waals surface area contributed by atoms with Gasteiger partial charge in [0.1, 0.15) is 6.10 Å². The van der Waals surface area contributed by atoms with E-state index in [0.717, 1.165) is 17.4 Å². The van der Waals surface area contributed by atoms with Gasteiger partial charge in [0.05, 0.1) is 11.0 Å². The Morgan fingerprint density at radius 1 is 1.67 bits per heavy atom. The minimum Gasteiger partial charge on any atom is -0.472 e. The molecule has 4 nitrogen and oxygen atoms in total. The van der Waals surface area contributed by atoms with Gasteiger partial charge in [-0.05, 0) is 28.1 Å². The first-order valence-corrected chi connectivity index (χ1v) is 7.14. The Kier molecular flexibility index (Phi) is 4.83. The summed E-state index contributed by atoms with van der Waals surface area (Å²) in [7, 11) is 0. The highest BCUT2D eigenvalue weighted by Gasteiger charge is 2.27. The van der Waals surface area contributed by atoms with E-state index in [9.17, 15) is 4.79 Å². The number of amides is 1. The number of nitrogens with zero attached hydrogens (tertiary/aromatic N) is 2. The molecular formula is C12H14BrClN2O2. The number of rotatable bonds is 4. The number of likely N-dealkylation sites (tertiary alicyclic amines) is 1. The zero-order valence-electron chi connectivity index (χ0n) is 9.81. The number of aromatic nitrogens is 1. The highest BCUT2D eigenvalue weighted by Crippen LogP contribution is 2.24. The zero-order chi connectivity index (χ0) is 13.0. The Bertz CT molecular complexity index is 430. The molecule has 98 valence electrons. The van der Waals surface area contributed by atoms with Crippen molar-refractivity contribution < 1.29 is 9.53 Å². The van der Waals surface area contributed by atoms with Crippen LogP contribution in [0.2, 0.25) is 0 Å². The average molecular weight is 334 g/mol. The third-order valence-electron chi connectivity index (χ3n) is 2.81. The summed E-state index contributed by atoms with van der Waals surface area (Å²) < 4.78 is 6.61. The molecule has 6 heteroatoms. The molecule has 0 bridgehead atoms. The number of ether oxygens (including phenoxy) is 1. The fourth-order valence-corrected chi connectivity index (χ4v) is 2.42. The van der Waals surface area contributed by atoms with Crippen molar-refractivity contribution in [1.82, 2.24) is 9.88 Å². The second-order valence-corrected chi connectivity index (χ2v) is 5.33. The zero-order valence-corrected chi connectivity index (χ0v) is 12.2. The smallest absolute Gasteiger partial charge is 0.228 e. The van der Waals surface area contributed by atoms with E-state index in [2.05, 4.69) is 20.9 Å². The van der Waals surface area contributed by atoms with Gasteiger partial charge < -0.3 is 9.64 Å². The van der Waals surface area contributed by atoms with Gasteiger partial charge in [0.15, 0.2) is 0 Å². The quantitative estimate of drug-likeness (QED) is 0.795. The predicted octanol–water partition coefficient (Wildman–Crippen LogP) is 2.45. The maximum Gasteiger partial charge on any atom is 0.228 e. The molecule has 1 fully saturated rings. The second-order valence-electron chi connectivity index (χ2n) is 4.10. The molecule has 0 spiro atoms. The van der Waals surface area contributed by atoms with E-state index in [4.69, 9.17) is 16.3 Å². The summed E-state index contributed by atoms with van der Waals surface area (Å²) in [5.41, 5.74) is 0. The van der Waals surface area contributed by atoms with E-state index in [1.165, 1.54) is 0 Å². The molecule has 1 aromatic heterocycles. The van der Waals surface area contributed by atoms with E-state index < -0.39 is 0 Å². The van der Waals surface area contributed by atoms with E-state index in [0.29, 0.717) is 24.7 Å². The lowest BCUT2D eigenvalue weighted by molar-refractivity contribution is -0.130. The van der Waals surface area contributed by atoms with Gasteiger partial charge in [0.25, 0.3) is 0 Å². The standard InChI is InChI=1S/C12H14BrClN2O2/c13-10-2-1-6-15-12(10)18-9-4-7-16(8-9)11(17)3-5-14/h1-2,6,9H,3-5,7-8H2. The molecule has 2 heterocycles. The van der Waals surface area contributed by atoms with Crippen molar-refractivity contribution in [2.24, 2.45) is 0 Å². The van der Waals surface area contributed by atoms with Crippen molar-refractivity contribution in [3.8, 4) is 5.88 Å². The average Bonchev–Trinajstić information content (AvgIpc) is 2.81. The van der Waals surface area contributed by atoms with Crippen molar-refractivity contribution in [3.05, 3.63) is 22.8 Å². The molecule has 1 aromatic rings. The maximum atomic E-state index is 11.7. The molecule has 1 amide bonds. The lowest BCUT2D eigenvalue weighted by Gasteiger charge is -2.16. The molecule has 1 saturated heterocycles. The van der Waals surface area contributed by atoms with E-state index in [1.54, 1.807) is 11.1 Å². The minimum absolute atomic E-state index is 0.00970. The van der Waals surface area contributed by atoms with Gasteiger partial charge in [-0.3, -0.25) is 4.79 Å². The first-order valence-electron chi connectivity index (χ1n) is 5.81. The Morgan fingerprint density at radius 2 is 2.50 bits per heavy atom. The van der Waals surface area contributed by atoms with E-state index in [1.807, 2.05) is 12.1 Å². The van der Waals surface area contributed by atoms with Crippen LogP contribution in [0.25, 0.3) is 0 Å². The number of hydrogen-bond donors (Lipinski definition) is 0. The van der Waals surface area contributed by atoms with Crippen LogP contribution in [0.1, 0.15) is 12.8 Å². The molecule has 1 unspecified atom stereocenters. The van der Waals surface area contributed by atoms with Crippen LogP contribution in [-0.2, 0) is 4.79 Å². The lowest BCUT2D eigenvalue weighted by atomic mass is 10.3. The molecule has 0 aromatic carbocycles. The van der Waals surface area contributed by atoms with Crippen LogP contribution in [-0.4, -0.2) is 40.9 Å². The molecule has 0 N–H and O–H groups in total. The van der Waals surface area contributed by atoms with Gasteiger partial charge in [-0.1, -0.05) is 0 Å². The molecular weight excluding hydrogens is 320 g/mol. The van der Waals surface area contributed by atoms with Crippen LogP contribution < -0.4 is 4.74 Å². The molecule has 1 aliphatic rings. The molecule has 1 atom stereocenters. The van der Waals surface area contributed by atoms with Crippen LogP contribution in [0.3, 0.4) is 0 Å². The van der Waals surface area contributed by atoms with Crippen molar-refractivity contribution in [2.45, 2.75) is 18.9 Å². The summed E-state index contributed by atoms with van der Waals surface area (Å²) in [5, 5.41) is 0.